The summed E-state index contributed by atoms with van der Waals surface area (Å²) in [6, 6.07) is 8.61. The van der Waals surface area contributed by atoms with Gasteiger partial charge in [0.25, 0.3) is 0 Å². The first kappa shape index (κ1) is 14.3. The quantitative estimate of drug-likeness (QED) is 0.732. The predicted octanol–water partition coefficient (Wildman–Crippen LogP) is 2.81. The van der Waals surface area contributed by atoms with Crippen LogP contribution in [-0.2, 0) is 6.54 Å². The summed E-state index contributed by atoms with van der Waals surface area (Å²) >= 11 is 0. The summed E-state index contributed by atoms with van der Waals surface area (Å²) < 4.78 is 0. The lowest BCUT2D eigenvalue weighted by Gasteiger charge is -2.21. The van der Waals surface area contributed by atoms with Gasteiger partial charge in [0.2, 0.25) is 0 Å². The summed E-state index contributed by atoms with van der Waals surface area (Å²) in [4.78, 5) is 17.9. The van der Waals surface area contributed by atoms with Crippen LogP contribution >= 0.6 is 0 Å². The molecule has 0 aliphatic carbocycles. The topological polar surface area (TPSA) is 69.7 Å². The zero-order valence-electron chi connectivity index (χ0n) is 12.9. The molecule has 0 bridgehead atoms. The SMILES string of the molecule is CCN(CC)c1ccc(CNc2ncnc3nc[nH]c23)cc1. The Morgan fingerprint density at radius 1 is 1.05 bits per heavy atom. The molecule has 6 heteroatoms. The third kappa shape index (κ3) is 2.86. The van der Waals surface area contributed by atoms with E-state index in [4.69, 9.17) is 0 Å². The second-order valence-electron chi connectivity index (χ2n) is 5.02. The minimum Gasteiger partial charge on any atom is -0.372 e. The van der Waals surface area contributed by atoms with Gasteiger partial charge in [0.1, 0.15) is 11.8 Å². The van der Waals surface area contributed by atoms with E-state index in [-0.39, 0.29) is 0 Å². The maximum absolute atomic E-state index is 4.26. The first-order valence-electron chi connectivity index (χ1n) is 7.53. The van der Waals surface area contributed by atoms with Gasteiger partial charge in [-0.1, -0.05) is 12.1 Å². The molecule has 0 unspecified atom stereocenters. The standard InChI is InChI=1S/C16H20N6/c1-3-22(4-2)13-7-5-12(6-8-13)9-17-15-14-16(19-10-18-14)21-11-20-15/h5-8,10-11H,3-4,9H2,1-2H3,(H2,17,18,19,20,21). The fourth-order valence-corrected chi connectivity index (χ4v) is 2.50. The Kier molecular flexibility index (Phi) is 4.18. The van der Waals surface area contributed by atoms with Crippen LogP contribution in [-0.4, -0.2) is 33.0 Å². The molecule has 0 fully saturated rings. The molecule has 0 aliphatic rings. The number of imidazole rings is 1. The Morgan fingerprint density at radius 3 is 2.55 bits per heavy atom. The molecule has 0 aliphatic heterocycles. The van der Waals surface area contributed by atoms with Gasteiger partial charge in [-0.05, 0) is 31.5 Å². The molecule has 0 saturated heterocycles. The Labute approximate surface area is 129 Å². The molecule has 0 atom stereocenters. The Hall–Kier alpha value is -2.63. The van der Waals surface area contributed by atoms with E-state index in [9.17, 15) is 0 Å². The lowest BCUT2D eigenvalue weighted by molar-refractivity contribution is 0.865. The van der Waals surface area contributed by atoms with Gasteiger partial charge in [-0.25, -0.2) is 15.0 Å². The monoisotopic (exact) mass is 296 g/mol. The summed E-state index contributed by atoms with van der Waals surface area (Å²) in [6.07, 6.45) is 3.15. The van der Waals surface area contributed by atoms with Crippen molar-refractivity contribution in [3.05, 3.63) is 42.5 Å². The van der Waals surface area contributed by atoms with E-state index in [2.05, 4.69) is 68.3 Å². The van der Waals surface area contributed by atoms with Crippen molar-refractivity contribution in [2.24, 2.45) is 0 Å². The fourth-order valence-electron chi connectivity index (χ4n) is 2.50. The van der Waals surface area contributed by atoms with Crippen molar-refractivity contribution in [2.45, 2.75) is 20.4 Å². The van der Waals surface area contributed by atoms with Gasteiger partial charge in [-0.15, -0.1) is 0 Å². The number of hydrogen-bond donors (Lipinski definition) is 2. The maximum Gasteiger partial charge on any atom is 0.182 e. The number of hydrogen-bond acceptors (Lipinski definition) is 5. The van der Waals surface area contributed by atoms with Crippen molar-refractivity contribution in [2.75, 3.05) is 23.3 Å². The van der Waals surface area contributed by atoms with Crippen LogP contribution in [0, 0.1) is 0 Å². The van der Waals surface area contributed by atoms with Crippen molar-refractivity contribution in [3.8, 4) is 0 Å². The first-order chi connectivity index (χ1) is 10.8. The van der Waals surface area contributed by atoms with Gasteiger partial charge >= 0.3 is 0 Å². The van der Waals surface area contributed by atoms with E-state index in [1.54, 1.807) is 6.33 Å². The molecule has 3 aromatic rings. The van der Waals surface area contributed by atoms with E-state index >= 15 is 0 Å². The number of rotatable bonds is 6. The van der Waals surface area contributed by atoms with Gasteiger partial charge in [-0.2, -0.15) is 0 Å². The predicted molar refractivity (Wildman–Crippen MR) is 89.0 cm³/mol. The van der Waals surface area contributed by atoms with Crippen molar-refractivity contribution in [1.82, 2.24) is 19.9 Å². The average molecular weight is 296 g/mol. The molecular weight excluding hydrogens is 276 g/mol. The molecule has 0 radical (unpaired) electrons. The smallest absolute Gasteiger partial charge is 0.182 e. The zero-order chi connectivity index (χ0) is 15.4. The van der Waals surface area contributed by atoms with Gasteiger partial charge < -0.3 is 15.2 Å². The maximum atomic E-state index is 4.26. The molecule has 2 N–H and O–H groups in total. The lowest BCUT2D eigenvalue weighted by Crippen LogP contribution is -2.21. The van der Waals surface area contributed by atoms with Crippen molar-refractivity contribution in [1.29, 1.82) is 0 Å². The third-order valence-electron chi connectivity index (χ3n) is 3.75. The largest absolute Gasteiger partial charge is 0.372 e. The number of benzene rings is 1. The molecule has 22 heavy (non-hydrogen) atoms. The number of fused-ring (bicyclic) bond motifs is 1. The summed E-state index contributed by atoms with van der Waals surface area (Å²) in [7, 11) is 0. The van der Waals surface area contributed by atoms with E-state index in [1.165, 1.54) is 17.6 Å². The Bertz CT molecular complexity index is 730. The van der Waals surface area contributed by atoms with E-state index < -0.39 is 0 Å². The number of aromatic nitrogens is 4. The molecular formula is C16H20N6. The summed E-state index contributed by atoms with van der Waals surface area (Å²) in [5, 5.41) is 3.33. The van der Waals surface area contributed by atoms with E-state index in [0.717, 1.165) is 24.4 Å². The van der Waals surface area contributed by atoms with Gasteiger partial charge in [0.15, 0.2) is 11.5 Å². The molecule has 0 saturated carbocycles. The highest BCUT2D eigenvalue weighted by Gasteiger charge is 2.06. The first-order valence-corrected chi connectivity index (χ1v) is 7.53. The molecule has 0 spiro atoms. The van der Waals surface area contributed by atoms with Crippen LogP contribution in [0.2, 0.25) is 0 Å². The van der Waals surface area contributed by atoms with E-state index in [0.29, 0.717) is 12.2 Å². The third-order valence-corrected chi connectivity index (χ3v) is 3.75. The highest BCUT2D eigenvalue weighted by Crippen LogP contribution is 2.18. The Morgan fingerprint density at radius 2 is 1.82 bits per heavy atom. The molecule has 0 amide bonds. The van der Waals surface area contributed by atoms with Crippen molar-refractivity contribution in [3.63, 3.8) is 0 Å². The normalized spacial score (nSPS) is 10.8. The molecule has 2 aromatic heterocycles. The second kappa shape index (κ2) is 6.43. The minimum atomic E-state index is 0.675. The number of aromatic amines is 1. The molecule has 2 heterocycles. The molecule has 1 aromatic carbocycles. The summed E-state index contributed by atoms with van der Waals surface area (Å²) in [5.74, 6) is 0.773. The van der Waals surface area contributed by atoms with E-state index in [1.807, 2.05) is 0 Å². The van der Waals surface area contributed by atoms with Gasteiger partial charge in [0.05, 0.1) is 6.33 Å². The highest BCUT2D eigenvalue weighted by molar-refractivity contribution is 5.81. The van der Waals surface area contributed by atoms with Crippen molar-refractivity contribution < 1.29 is 0 Å². The zero-order valence-corrected chi connectivity index (χ0v) is 12.9. The second-order valence-corrected chi connectivity index (χ2v) is 5.02. The van der Waals surface area contributed by atoms with Crippen LogP contribution in [0.15, 0.2) is 36.9 Å². The van der Waals surface area contributed by atoms with Crippen LogP contribution in [0.4, 0.5) is 11.5 Å². The number of nitrogens with one attached hydrogen (secondary N) is 2. The van der Waals surface area contributed by atoms with Crippen LogP contribution in [0.1, 0.15) is 19.4 Å². The van der Waals surface area contributed by atoms with Crippen LogP contribution in [0.5, 0.6) is 0 Å². The van der Waals surface area contributed by atoms with Crippen LogP contribution < -0.4 is 10.2 Å². The average Bonchev–Trinajstić information content (AvgIpc) is 3.04. The van der Waals surface area contributed by atoms with Crippen molar-refractivity contribution >= 4 is 22.7 Å². The number of nitrogens with zero attached hydrogens (tertiary/aromatic N) is 4. The highest BCUT2D eigenvalue weighted by atomic mass is 15.1. The van der Waals surface area contributed by atoms with Crippen LogP contribution in [0.3, 0.4) is 0 Å². The van der Waals surface area contributed by atoms with Crippen LogP contribution in [0.25, 0.3) is 11.2 Å². The summed E-state index contributed by atoms with van der Waals surface area (Å²) in [5.41, 5.74) is 3.98. The lowest BCUT2D eigenvalue weighted by atomic mass is 10.2. The molecule has 3 rings (SSSR count). The summed E-state index contributed by atoms with van der Waals surface area (Å²) in [6.45, 7) is 7.09. The van der Waals surface area contributed by atoms with Gasteiger partial charge in [0, 0.05) is 25.3 Å². The van der Waals surface area contributed by atoms with Gasteiger partial charge in [-0.3, -0.25) is 0 Å². The molecule has 6 nitrogen and oxygen atoms in total. The Balaban J connectivity index is 1.70. The fraction of sp³-hybridized carbons (Fsp3) is 0.312. The number of anilines is 2. The minimum absolute atomic E-state index is 0.675. The number of H-pyrrole nitrogens is 1. The molecule has 114 valence electrons.